The topological polar surface area (TPSA) is 117 Å². The first-order chi connectivity index (χ1) is 10.8. The second-order valence-electron chi connectivity index (χ2n) is 4.92. The van der Waals surface area contributed by atoms with Gasteiger partial charge < -0.3 is 25.6 Å². The molecule has 11 heteroatoms. The fourth-order valence-corrected chi connectivity index (χ4v) is 2.12. The molecule has 2 rings (SSSR count). The van der Waals surface area contributed by atoms with Crippen molar-refractivity contribution in [1.82, 2.24) is 15.3 Å². The number of nitrogens with zero attached hydrogens (tertiary/aromatic N) is 2. The van der Waals surface area contributed by atoms with Crippen molar-refractivity contribution in [2.24, 2.45) is 0 Å². The Balaban J connectivity index is 2.03. The lowest BCUT2D eigenvalue weighted by molar-refractivity contribution is -0.142. The SMILES string of the molecule is O=CNC[C@H]1OC[C@H](Nc2cncc(C(F)(F)F)n2)[C@@H](O)[C@H]1O. The van der Waals surface area contributed by atoms with Crippen LogP contribution in [0.3, 0.4) is 0 Å². The molecule has 2 heterocycles. The molecule has 4 N–H and O–H groups in total. The van der Waals surface area contributed by atoms with Gasteiger partial charge in [0.25, 0.3) is 0 Å². The number of alkyl halides is 3. The van der Waals surface area contributed by atoms with E-state index in [9.17, 15) is 28.2 Å². The van der Waals surface area contributed by atoms with Crippen molar-refractivity contribution in [3.05, 3.63) is 18.1 Å². The van der Waals surface area contributed by atoms with Crippen LogP contribution in [0.4, 0.5) is 19.0 Å². The smallest absolute Gasteiger partial charge is 0.388 e. The maximum atomic E-state index is 12.6. The molecule has 0 aliphatic carbocycles. The molecule has 0 aromatic carbocycles. The normalized spacial score (nSPS) is 28.2. The quantitative estimate of drug-likeness (QED) is 0.517. The molecule has 1 amide bonds. The van der Waals surface area contributed by atoms with Crippen molar-refractivity contribution < 1.29 is 32.9 Å². The lowest BCUT2D eigenvalue weighted by Gasteiger charge is -2.38. The van der Waals surface area contributed by atoms with E-state index in [4.69, 9.17) is 4.74 Å². The van der Waals surface area contributed by atoms with Crippen LogP contribution in [-0.2, 0) is 15.7 Å². The molecule has 1 aromatic heterocycles. The summed E-state index contributed by atoms with van der Waals surface area (Å²) in [5, 5.41) is 24.8. The Morgan fingerprint density at radius 1 is 1.35 bits per heavy atom. The Hall–Kier alpha value is -1.98. The van der Waals surface area contributed by atoms with Crippen molar-refractivity contribution in [3.63, 3.8) is 0 Å². The van der Waals surface area contributed by atoms with Gasteiger partial charge in [-0.15, -0.1) is 0 Å². The van der Waals surface area contributed by atoms with Gasteiger partial charge in [0.1, 0.15) is 24.1 Å². The van der Waals surface area contributed by atoms with Crippen LogP contribution in [0.5, 0.6) is 0 Å². The first kappa shape index (κ1) is 17.4. The molecule has 1 aliphatic heterocycles. The van der Waals surface area contributed by atoms with Crippen molar-refractivity contribution in [2.75, 3.05) is 18.5 Å². The van der Waals surface area contributed by atoms with Gasteiger partial charge >= 0.3 is 6.18 Å². The molecular formula is C12H15F3N4O4. The highest BCUT2D eigenvalue weighted by molar-refractivity contribution is 5.45. The Morgan fingerprint density at radius 3 is 2.74 bits per heavy atom. The number of hydrogen-bond acceptors (Lipinski definition) is 7. The number of aliphatic hydroxyl groups is 2. The lowest BCUT2D eigenvalue weighted by Crippen LogP contribution is -2.58. The first-order valence-corrected chi connectivity index (χ1v) is 6.63. The zero-order chi connectivity index (χ0) is 17.0. The summed E-state index contributed by atoms with van der Waals surface area (Å²) in [6.45, 7) is -0.0980. The van der Waals surface area contributed by atoms with Crippen LogP contribution in [-0.4, -0.2) is 64.1 Å². The average Bonchev–Trinajstić information content (AvgIpc) is 2.51. The number of hydrogen-bond donors (Lipinski definition) is 4. The van der Waals surface area contributed by atoms with Gasteiger partial charge in [-0.25, -0.2) is 4.98 Å². The summed E-state index contributed by atoms with van der Waals surface area (Å²) in [4.78, 5) is 17.0. The predicted octanol–water partition coefficient (Wildman–Crippen LogP) is -0.858. The lowest BCUT2D eigenvalue weighted by atomic mass is 9.98. The summed E-state index contributed by atoms with van der Waals surface area (Å²) in [6.07, 6.45) is -6.04. The van der Waals surface area contributed by atoms with Crippen molar-refractivity contribution in [3.8, 4) is 0 Å². The van der Waals surface area contributed by atoms with Crippen LogP contribution < -0.4 is 10.6 Å². The number of carbonyl (C=O) groups excluding carboxylic acids is 1. The van der Waals surface area contributed by atoms with E-state index in [0.717, 1.165) is 6.20 Å². The third kappa shape index (κ3) is 4.27. The van der Waals surface area contributed by atoms with Gasteiger partial charge in [0.2, 0.25) is 6.41 Å². The average molecular weight is 336 g/mol. The molecule has 1 aromatic rings. The summed E-state index contributed by atoms with van der Waals surface area (Å²) in [6, 6.07) is -0.879. The number of nitrogens with one attached hydrogen (secondary N) is 2. The molecule has 4 atom stereocenters. The molecular weight excluding hydrogens is 321 g/mol. The Bertz CT molecular complexity index is 545. The maximum Gasteiger partial charge on any atom is 0.434 e. The monoisotopic (exact) mass is 336 g/mol. The largest absolute Gasteiger partial charge is 0.434 e. The molecule has 0 bridgehead atoms. The predicted molar refractivity (Wildman–Crippen MR) is 70.3 cm³/mol. The van der Waals surface area contributed by atoms with Gasteiger partial charge in [0.05, 0.1) is 25.0 Å². The van der Waals surface area contributed by atoms with Gasteiger partial charge in [-0.1, -0.05) is 0 Å². The fraction of sp³-hybridized carbons (Fsp3) is 0.583. The van der Waals surface area contributed by atoms with E-state index in [0.29, 0.717) is 12.6 Å². The standard InChI is InChI=1S/C12H15F3N4O4/c13-12(14,15)8-2-16-3-9(19-8)18-6-4-23-7(1-17-5-20)11(22)10(6)21/h2-3,5-7,10-11,21-22H,1,4H2,(H,17,20)(H,18,19)/t6-,7+,10+,11-/m0/s1. The number of carbonyl (C=O) groups is 1. The number of ether oxygens (including phenoxy) is 1. The van der Waals surface area contributed by atoms with E-state index in [2.05, 4.69) is 20.6 Å². The molecule has 0 unspecified atom stereocenters. The molecule has 128 valence electrons. The Morgan fingerprint density at radius 2 is 2.09 bits per heavy atom. The van der Waals surface area contributed by atoms with E-state index in [1.54, 1.807) is 0 Å². The minimum Gasteiger partial charge on any atom is -0.388 e. The molecule has 1 saturated heterocycles. The van der Waals surface area contributed by atoms with Crippen LogP contribution in [0.1, 0.15) is 5.69 Å². The fourth-order valence-electron chi connectivity index (χ4n) is 2.12. The number of halogens is 3. The van der Waals surface area contributed by atoms with Gasteiger partial charge in [0, 0.05) is 6.54 Å². The maximum absolute atomic E-state index is 12.6. The van der Waals surface area contributed by atoms with Gasteiger partial charge in [-0.3, -0.25) is 9.78 Å². The van der Waals surface area contributed by atoms with Crippen molar-refractivity contribution >= 4 is 12.2 Å². The minimum atomic E-state index is -4.64. The third-order valence-electron chi connectivity index (χ3n) is 3.29. The summed E-state index contributed by atoms with van der Waals surface area (Å²) < 4.78 is 43.0. The summed E-state index contributed by atoms with van der Waals surface area (Å²) in [5.74, 6) is -0.204. The van der Waals surface area contributed by atoms with Crippen LogP contribution in [0.25, 0.3) is 0 Å². The van der Waals surface area contributed by atoms with E-state index >= 15 is 0 Å². The van der Waals surface area contributed by atoms with Gasteiger partial charge in [-0.05, 0) is 0 Å². The molecule has 0 spiro atoms. The van der Waals surface area contributed by atoms with Crippen LogP contribution >= 0.6 is 0 Å². The van der Waals surface area contributed by atoms with Crippen LogP contribution in [0, 0.1) is 0 Å². The molecule has 0 radical (unpaired) electrons. The molecule has 1 aliphatic rings. The van der Waals surface area contributed by atoms with Crippen molar-refractivity contribution in [2.45, 2.75) is 30.5 Å². The Kier molecular flexibility index (Phi) is 5.34. The summed E-state index contributed by atoms with van der Waals surface area (Å²) >= 11 is 0. The van der Waals surface area contributed by atoms with Gasteiger partial charge in [-0.2, -0.15) is 13.2 Å². The highest BCUT2D eigenvalue weighted by Crippen LogP contribution is 2.28. The second kappa shape index (κ2) is 7.06. The Labute approximate surface area is 128 Å². The number of amides is 1. The van der Waals surface area contributed by atoms with E-state index < -0.39 is 36.2 Å². The first-order valence-electron chi connectivity index (χ1n) is 6.63. The van der Waals surface area contributed by atoms with Gasteiger partial charge in [0.15, 0.2) is 5.69 Å². The highest BCUT2D eigenvalue weighted by Gasteiger charge is 2.39. The molecule has 23 heavy (non-hydrogen) atoms. The van der Waals surface area contributed by atoms with Crippen molar-refractivity contribution in [1.29, 1.82) is 0 Å². The number of aliphatic hydroxyl groups excluding tert-OH is 2. The molecule has 1 fully saturated rings. The van der Waals surface area contributed by atoms with Crippen LogP contribution in [0.15, 0.2) is 12.4 Å². The zero-order valence-corrected chi connectivity index (χ0v) is 11.7. The highest BCUT2D eigenvalue weighted by atomic mass is 19.4. The number of anilines is 1. The second-order valence-corrected chi connectivity index (χ2v) is 4.92. The van der Waals surface area contributed by atoms with E-state index in [1.807, 2.05) is 0 Å². The third-order valence-corrected chi connectivity index (χ3v) is 3.29. The summed E-state index contributed by atoms with van der Waals surface area (Å²) in [5.41, 5.74) is -1.18. The van der Waals surface area contributed by atoms with Crippen LogP contribution in [0.2, 0.25) is 0 Å². The van der Waals surface area contributed by atoms with E-state index in [-0.39, 0.29) is 19.0 Å². The number of rotatable bonds is 5. The zero-order valence-electron chi connectivity index (χ0n) is 11.7. The summed E-state index contributed by atoms with van der Waals surface area (Å²) in [7, 11) is 0. The molecule has 0 saturated carbocycles. The van der Waals surface area contributed by atoms with E-state index in [1.165, 1.54) is 0 Å². The molecule has 8 nitrogen and oxygen atoms in total. The number of aromatic nitrogens is 2. The minimum absolute atomic E-state index is 0.00217.